The van der Waals surface area contributed by atoms with E-state index in [2.05, 4.69) is 0 Å². The van der Waals surface area contributed by atoms with E-state index in [0.29, 0.717) is 13.2 Å². The van der Waals surface area contributed by atoms with Gasteiger partial charge in [0.15, 0.2) is 0 Å². The molecule has 16 heavy (non-hydrogen) atoms. The molecular weight excluding hydrogens is 208 g/mol. The summed E-state index contributed by atoms with van der Waals surface area (Å²) >= 11 is 0. The van der Waals surface area contributed by atoms with Crippen LogP contribution in [0.25, 0.3) is 0 Å². The summed E-state index contributed by atoms with van der Waals surface area (Å²) in [5.74, 6) is -1.24. The van der Waals surface area contributed by atoms with E-state index < -0.39 is 0 Å². The Labute approximate surface area is 96.6 Å². The van der Waals surface area contributed by atoms with Crippen molar-refractivity contribution in [3.05, 3.63) is 12.2 Å². The van der Waals surface area contributed by atoms with Crippen molar-refractivity contribution in [3.63, 3.8) is 0 Å². The highest BCUT2D eigenvalue weighted by atomic mass is 16.5. The summed E-state index contributed by atoms with van der Waals surface area (Å²) in [5.41, 5.74) is 0. The van der Waals surface area contributed by atoms with Gasteiger partial charge in [-0.25, -0.2) is 0 Å². The number of hydrogen-bond donors (Lipinski definition) is 0. The first-order valence-electron chi connectivity index (χ1n) is 5.54. The van der Waals surface area contributed by atoms with Gasteiger partial charge in [-0.2, -0.15) is 0 Å². The predicted molar refractivity (Wildman–Crippen MR) is 60.7 cm³/mol. The van der Waals surface area contributed by atoms with Crippen LogP contribution in [-0.2, 0) is 19.1 Å². The molecule has 4 nitrogen and oxygen atoms in total. The molecule has 4 heteroatoms. The van der Waals surface area contributed by atoms with Crippen LogP contribution in [-0.4, -0.2) is 25.2 Å². The Morgan fingerprint density at radius 1 is 0.938 bits per heavy atom. The second kappa shape index (κ2) is 7.91. The zero-order valence-electron chi connectivity index (χ0n) is 10.4. The lowest BCUT2D eigenvalue weighted by Crippen LogP contribution is -2.15. The Balaban J connectivity index is 4.15. The number of ether oxygens (including phenoxy) is 2. The number of esters is 2. The molecule has 0 heterocycles. The Hall–Kier alpha value is -1.32. The minimum absolute atomic E-state index is 0.283. The first kappa shape index (κ1) is 14.7. The van der Waals surface area contributed by atoms with E-state index in [4.69, 9.17) is 9.47 Å². The molecule has 0 unspecified atom stereocenters. The molecule has 0 aliphatic heterocycles. The lowest BCUT2D eigenvalue weighted by Gasteiger charge is -2.08. The van der Waals surface area contributed by atoms with Crippen LogP contribution in [0.1, 0.15) is 27.7 Å². The monoisotopic (exact) mass is 228 g/mol. The summed E-state index contributed by atoms with van der Waals surface area (Å²) < 4.78 is 9.68. The number of carbonyl (C=O) groups is 2. The van der Waals surface area contributed by atoms with Crippen LogP contribution in [0.3, 0.4) is 0 Å². The third-order valence-corrected chi connectivity index (χ3v) is 2.01. The topological polar surface area (TPSA) is 52.6 Å². The fourth-order valence-electron chi connectivity index (χ4n) is 1.04. The molecule has 0 rings (SSSR count). The molecule has 0 spiro atoms. The first-order chi connectivity index (χ1) is 7.52. The number of rotatable bonds is 6. The Morgan fingerprint density at radius 2 is 1.25 bits per heavy atom. The minimum atomic E-state index is -0.336. The SMILES string of the molecule is CCOC(=O)[C@H](C)/C=C/[C@H](C)C(=O)OCC. The van der Waals surface area contributed by atoms with Gasteiger partial charge in [-0.05, 0) is 27.7 Å². The van der Waals surface area contributed by atoms with E-state index in [9.17, 15) is 9.59 Å². The third-order valence-electron chi connectivity index (χ3n) is 2.01. The van der Waals surface area contributed by atoms with Crippen molar-refractivity contribution in [2.24, 2.45) is 11.8 Å². The molecule has 0 saturated carbocycles. The maximum atomic E-state index is 11.3. The lowest BCUT2D eigenvalue weighted by molar-refractivity contribution is -0.147. The molecule has 0 fully saturated rings. The van der Waals surface area contributed by atoms with Gasteiger partial charge in [0.25, 0.3) is 0 Å². The van der Waals surface area contributed by atoms with E-state index in [1.54, 1.807) is 39.8 Å². The molecule has 0 N–H and O–H groups in total. The van der Waals surface area contributed by atoms with Gasteiger partial charge in [0.2, 0.25) is 0 Å². The van der Waals surface area contributed by atoms with Crippen molar-refractivity contribution in [3.8, 4) is 0 Å². The van der Waals surface area contributed by atoms with E-state index in [1.807, 2.05) is 0 Å². The molecule has 2 atom stereocenters. The van der Waals surface area contributed by atoms with E-state index in [-0.39, 0.29) is 23.8 Å². The second-order valence-corrected chi connectivity index (χ2v) is 3.47. The Morgan fingerprint density at radius 3 is 1.50 bits per heavy atom. The highest BCUT2D eigenvalue weighted by Gasteiger charge is 2.13. The molecular formula is C12H20O4. The molecule has 0 aliphatic carbocycles. The molecule has 0 radical (unpaired) electrons. The molecule has 0 aromatic rings. The Bertz CT molecular complexity index is 232. The van der Waals surface area contributed by atoms with Crippen molar-refractivity contribution >= 4 is 11.9 Å². The zero-order chi connectivity index (χ0) is 12.6. The highest BCUT2D eigenvalue weighted by molar-refractivity contribution is 5.76. The quantitative estimate of drug-likeness (QED) is 0.515. The molecule has 92 valence electrons. The largest absolute Gasteiger partial charge is 0.466 e. The highest BCUT2D eigenvalue weighted by Crippen LogP contribution is 2.06. The molecule has 0 aromatic heterocycles. The summed E-state index contributed by atoms with van der Waals surface area (Å²) in [7, 11) is 0. The average molecular weight is 228 g/mol. The van der Waals surface area contributed by atoms with Crippen LogP contribution in [0.15, 0.2) is 12.2 Å². The average Bonchev–Trinajstić information content (AvgIpc) is 2.25. The third kappa shape index (κ3) is 5.53. The van der Waals surface area contributed by atoms with Crippen LogP contribution in [0.4, 0.5) is 0 Å². The summed E-state index contributed by atoms with van der Waals surface area (Å²) in [6.45, 7) is 7.71. The number of hydrogen-bond acceptors (Lipinski definition) is 4. The second-order valence-electron chi connectivity index (χ2n) is 3.47. The summed E-state index contributed by atoms with van der Waals surface area (Å²) in [4.78, 5) is 22.5. The van der Waals surface area contributed by atoms with Gasteiger partial charge in [0, 0.05) is 0 Å². The fourth-order valence-corrected chi connectivity index (χ4v) is 1.04. The fraction of sp³-hybridized carbons (Fsp3) is 0.667. The van der Waals surface area contributed by atoms with Crippen molar-refractivity contribution in [1.29, 1.82) is 0 Å². The van der Waals surface area contributed by atoms with Gasteiger partial charge in [-0.3, -0.25) is 9.59 Å². The minimum Gasteiger partial charge on any atom is -0.466 e. The van der Waals surface area contributed by atoms with Gasteiger partial charge in [-0.15, -0.1) is 0 Å². The standard InChI is InChI=1S/C12H20O4/c1-5-15-11(13)9(3)7-8-10(4)12(14)16-6-2/h7-10H,5-6H2,1-4H3/b8-7+/t9-,10+. The van der Waals surface area contributed by atoms with E-state index in [0.717, 1.165) is 0 Å². The molecule has 0 amide bonds. The van der Waals surface area contributed by atoms with Crippen molar-refractivity contribution in [2.45, 2.75) is 27.7 Å². The maximum Gasteiger partial charge on any atom is 0.312 e. The number of carbonyl (C=O) groups excluding carboxylic acids is 2. The first-order valence-corrected chi connectivity index (χ1v) is 5.54. The normalized spacial score (nSPS) is 14.5. The summed E-state index contributed by atoms with van der Waals surface area (Å²) in [6.07, 6.45) is 3.33. The van der Waals surface area contributed by atoms with Crippen LogP contribution < -0.4 is 0 Å². The van der Waals surface area contributed by atoms with E-state index >= 15 is 0 Å². The van der Waals surface area contributed by atoms with Crippen LogP contribution in [0, 0.1) is 11.8 Å². The van der Waals surface area contributed by atoms with Crippen molar-refractivity contribution < 1.29 is 19.1 Å². The zero-order valence-corrected chi connectivity index (χ0v) is 10.4. The van der Waals surface area contributed by atoms with Crippen molar-refractivity contribution in [2.75, 3.05) is 13.2 Å². The van der Waals surface area contributed by atoms with Crippen molar-refractivity contribution in [1.82, 2.24) is 0 Å². The molecule has 0 bridgehead atoms. The molecule has 0 aliphatic rings. The maximum absolute atomic E-state index is 11.3. The van der Waals surface area contributed by atoms with Gasteiger partial charge in [0.1, 0.15) is 0 Å². The summed E-state index contributed by atoms with van der Waals surface area (Å²) in [5, 5.41) is 0. The van der Waals surface area contributed by atoms with E-state index in [1.165, 1.54) is 0 Å². The molecule has 0 saturated heterocycles. The summed E-state index contributed by atoms with van der Waals surface area (Å²) in [6, 6.07) is 0. The van der Waals surface area contributed by atoms with Gasteiger partial charge in [0.05, 0.1) is 25.0 Å². The van der Waals surface area contributed by atoms with Gasteiger partial charge in [-0.1, -0.05) is 12.2 Å². The Kier molecular flexibility index (Phi) is 7.25. The lowest BCUT2D eigenvalue weighted by atomic mass is 10.1. The van der Waals surface area contributed by atoms with Gasteiger partial charge >= 0.3 is 11.9 Å². The molecule has 0 aromatic carbocycles. The van der Waals surface area contributed by atoms with Crippen LogP contribution in [0.2, 0.25) is 0 Å². The van der Waals surface area contributed by atoms with Crippen LogP contribution in [0.5, 0.6) is 0 Å². The van der Waals surface area contributed by atoms with Gasteiger partial charge < -0.3 is 9.47 Å². The predicted octanol–water partition coefficient (Wildman–Crippen LogP) is 1.94. The van der Waals surface area contributed by atoms with Crippen LogP contribution >= 0.6 is 0 Å². The smallest absolute Gasteiger partial charge is 0.312 e.